The number of benzene rings is 1. The number of aryl methyl sites for hydroxylation is 1. The molecule has 0 atom stereocenters. The topological polar surface area (TPSA) is 29.5 Å². The zero-order chi connectivity index (χ0) is 12.8. The first-order valence-electron chi connectivity index (χ1n) is 5.89. The van der Waals surface area contributed by atoms with Crippen LogP contribution >= 0.6 is 0 Å². The first-order chi connectivity index (χ1) is 8.22. The van der Waals surface area contributed by atoms with E-state index in [-0.39, 0.29) is 5.56 Å². The molecule has 0 spiro atoms. The average Bonchev–Trinajstić information content (AvgIpc) is 2.40. The van der Waals surface area contributed by atoms with Crippen molar-refractivity contribution in [2.75, 3.05) is 18.5 Å². The van der Waals surface area contributed by atoms with Crippen molar-refractivity contribution in [2.24, 2.45) is 0 Å². The highest BCUT2D eigenvalue weighted by Crippen LogP contribution is 2.26. The summed E-state index contributed by atoms with van der Waals surface area (Å²) >= 11 is 0. The van der Waals surface area contributed by atoms with Gasteiger partial charge in [0.25, 0.3) is 0 Å². The van der Waals surface area contributed by atoms with Crippen LogP contribution in [0.25, 0.3) is 0 Å². The van der Waals surface area contributed by atoms with Crippen molar-refractivity contribution in [3.63, 3.8) is 0 Å². The first kappa shape index (κ1) is 13.5. The van der Waals surface area contributed by atoms with Crippen LogP contribution < -0.4 is 4.90 Å². The van der Waals surface area contributed by atoms with Gasteiger partial charge in [-0.25, -0.2) is 9.74 Å². The van der Waals surface area contributed by atoms with E-state index >= 15 is 0 Å². The number of carbonyl (C=O) groups excluding carboxylic acids is 1. The summed E-state index contributed by atoms with van der Waals surface area (Å²) in [5, 5.41) is 0. The summed E-state index contributed by atoms with van der Waals surface area (Å²) in [5.74, 6) is -0.925. The number of carbonyl (C=O) groups is 1. The summed E-state index contributed by atoms with van der Waals surface area (Å²) in [6.45, 7) is 5.01. The van der Waals surface area contributed by atoms with Gasteiger partial charge < -0.3 is 4.90 Å². The second-order valence-corrected chi connectivity index (χ2v) is 3.73. The Morgan fingerprint density at radius 3 is 2.76 bits per heavy atom. The normalized spacial score (nSPS) is 13.3. The molecule has 2 rings (SSSR count). The van der Waals surface area contributed by atoms with Gasteiger partial charge in [0.15, 0.2) is 0 Å². The molecule has 17 heavy (non-hydrogen) atoms. The Labute approximate surface area is 101 Å². The minimum Gasteiger partial charge on any atom is -0.374 e. The Morgan fingerprint density at radius 1 is 1.41 bits per heavy atom. The van der Waals surface area contributed by atoms with Gasteiger partial charge in [-0.15, -0.1) is 0 Å². The van der Waals surface area contributed by atoms with Crippen LogP contribution in [0.3, 0.4) is 0 Å². The van der Waals surface area contributed by atoms with Gasteiger partial charge in [0, 0.05) is 23.8 Å². The Kier molecular flexibility index (Phi) is 4.94. The summed E-state index contributed by atoms with van der Waals surface area (Å²) in [6, 6.07) is 5.12. The summed E-state index contributed by atoms with van der Waals surface area (Å²) in [5.41, 5.74) is 2.45. The molecule has 0 bridgehead atoms. The number of hydrogen-bond donors (Lipinski definition) is 0. The van der Waals surface area contributed by atoms with Crippen molar-refractivity contribution in [2.45, 2.75) is 26.7 Å². The Balaban J connectivity index is 0.000000686. The van der Waals surface area contributed by atoms with Crippen molar-refractivity contribution >= 4 is 11.7 Å². The molecule has 0 radical (unpaired) electrons. The summed E-state index contributed by atoms with van der Waals surface area (Å²) < 4.78 is 11.7. The number of rotatable bonds is 1. The molecular weight excluding hydrogens is 221 g/mol. The van der Waals surface area contributed by atoms with Crippen LogP contribution in [0.2, 0.25) is 0 Å². The number of halogens is 1. The van der Waals surface area contributed by atoms with E-state index in [4.69, 9.17) is 0 Å². The fourth-order valence-corrected chi connectivity index (χ4v) is 1.96. The predicted octanol–water partition coefficient (Wildman–Crippen LogP) is 3.14. The highest BCUT2D eigenvalue weighted by molar-refractivity contribution is 5.90. The summed E-state index contributed by atoms with van der Waals surface area (Å²) in [6.07, 6.45) is 1.98. The maximum atomic E-state index is 11.7. The molecule has 1 aliphatic heterocycles. The molecule has 1 heterocycles. The van der Waals surface area contributed by atoms with Gasteiger partial charge in [0.05, 0.1) is 5.56 Å². The largest absolute Gasteiger partial charge is 0.379 e. The molecule has 0 saturated heterocycles. The Morgan fingerprint density at radius 2 is 2.12 bits per heavy atom. The van der Waals surface area contributed by atoms with E-state index in [0.717, 1.165) is 30.6 Å². The molecule has 0 amide bonds. The molecule has 0 aromatic heterocycles. The zero-order valence-corrected chi connectivity index (χ0v) is 10.5. The zero-order valence-electron chi connectivity index (χ0n) is 10.5. The number of fused-ring (bicyclic) bond motifs is 1. The minimum absolute atomic E-state index is 0.270. The molecule has 0 unspecified atom stereocenters. The van der Waals surface area contributed by atoms with E-state index in [0.29, 0.717) is 0 Å². The average molecular weight is 239 g/mol. The van der Waals surface area contributed by atoms with Gasteiger partial charge in [-0.05, 0) is 36.6 Å². The molecule has 1 aromatic carbocycles. The van der Waals surface area contributed by atoms with Crippen LogP contribution in [0.5, 0.6) is 0 Å². The lowest BCUT2D eigenvalue weighted by molar-refractivity contribution is -0.0788. The van der Waals surface area contributed by atoms with E-state index in [9.17, 15) is 9.32 Å². The quantitative estimate of drug-likeness (QED) is 0.754. The van der Waals surface area contributed by atoms with Crippen LogP contribution in [0, 0.1) is 0 Å². The molecule has 4 heteroatoms. The molecule has 0 N–H and O–H groups in total. The molecule has 0 aliphatic carbocycles. The second-order valence-electron chi connectivity index (χ2n) is 3.73. The number of anilines is 1. The summed E-state index contributed by atoms with van der Waals surface area (Å²) in [4.78, 5) is 16.3. The van der Waals surface area contributed by atoms with E-state index < -0.39 is 5.97 Å². The maximum Gasteiger partial charge on any atom is 0.379 e. The van der Waals surface area contributed by atoms with Crippen LogP contribution in [0.4, 0.5) is 10.2 Å². The van der Waals surface area contributed by atoms with Gasteiger partial charge in [0.2, 0.25) is 0 Å². The van der Waals surface area contributed by atoms with Gasteiger partial charge in [-0.3, -0.25) is 0 Å². The fourth-order valence-electron chi connectivity index (χ4n) is 1.96. The third-order valence-electron chi connectivity index (χ3n) is 2.74. The van der Waals surface area contributed by atoms with Crippen LogP contribution in [-0.4, -0.2) is 19.6 Å². The SMILES string of the molecule is CC.CN1CCCc2cc(C(=O)OF)ccc21. The minimum atomic E-state index is -0.925. The van der Waals surface area contributed by atoms with E-state index in [1.807, 2.05) is 27.0 Å². The Hall–Kier alpha value is -1.58. The maximum absolute atomic E-state index is 11.7. The monoisotopic (exact) mass is 239 g/mol. The molecule has 0 fully saturated rings. The van der Waals surface area contributed by atoms with Crippen molar-refractivity contribution < 1.29 is 14.3 Å². The van der Waals surface area contributed by atoms with Crippen LogP contribution in [-0.2, 0) is 11.4 Å². The van der Waals surface area contributed by atoms with Crippen molar-refractivity contribution in [3.8, 4) is 0 Å². The second kappa shape index (κ2) is 6.23. The molecule has 1 aliphatic rings. The molecular formula is C13H18FNO2. The lowest BCUT2D eigenvalue weighted by atomic mass is 10.00. The third kappa shape index (κ3) is 2.96. The van der Waals surface area contributed by atoms with Gasteiger partial charge in [-0.2, -0.15) is 0 Å². The standard InChI is InChI=1S/C11H12FNO2.C2H6/c1-13-6-2-3-8-7-9(11(14)15-12)4-5-10(8)13;1-2/h4-5,7H,2-3,6H2,1H3;1-2H3. The van der Waals surface area contributed by atoms with Crippen molar-refractivity contribution in [1.82, 2.24) is 0 Å². The lowest BCUT2D eigenvalue weighted by Crippen LogP contribution is -2.24. The summed E-state index contributed by atoms with van der Waals surface area (Å²) in [7, 11) is 2.01. The fraction of sp³-hybridized carbons (Fsp3) is 0.462. The molecule has 1 aromatic rings. The predicted molar refractivity (Wildman–Crippen MR) is 65.9 cm³/mol. The van der Waals surface area contributed by atoms with Gasteiger partial charge in [0.1, 0.15) is 0 Å². The van der Waals surface area contributed by atoms with Crippen molar-refractivity contribution in [3.05, 3.63) is 29.3 Å². The highest BCUT2D eigenvalue weighted by Gasteiger charge is 2.16. The molecule has 3 nitrogen and oxygen atoms in total. The van der Waals surface area contributed by atoms with Gasteiger partial charge >= 0.3 is 5.97 Å². The number of nitrogens with zero attached hydrogens (tertiary/aromatic N) is 1. The van der Waals surface area contributed by atoms with E-state index in [1.165, 1.54) is 0 Å². The van der Waals surface area contributed by atoms with Crippen LogP contribution in [0.1, 0.15) is 36.2 Å². The first-order valence-corrected chi connectivity index (χ1v) is 5.89. The van der Waals surface area contributed by atoms with Gasteiger partial charge in [-0.1, -0.05) is 13.8 Å². The van der Waals surface area contributed by atoms with E-state index in [1.54, 1.807) is 12.1 Å². The smallest absolute Gasteiger partial charge is 0.374 e. The van der Waals surface area contributed by atoms with E-state index in [2.05, 4.69) is 9.84 Å². The third-order valence-corrected chi connectivity index (χ3v) is 2.74. The van der Waals surface area contributed by atoms with Crippen molar-refractivity contribution in [1.29, 1.82) is 0 Å². The molecule has 94 valence electrons. The lowest BCUT2D eigenvalue weighted by Gasteiger charge is -2.27. The number of hydrogen-bond acceptors (Lipinski definition) is 3. The molecule has 0 saturated carbocycles. The highest BCUT2D eigenvalue weighted by atomic mass is 19.3. The van der Waals surface area contributed by atoms with Crippen LogP contribution in [0.15, 0.2) is 18.2 Å². The Bertz CT molecular complexity index is 393.